The molecule has 4 nitrogen and oxygen atoms in total. The fourth-order valence-electron chi connectivity index (χ4n) is 2.80. The number of nitrogens with one attached hydrogen (secondary N) is 1. The van der Waals surface area contributed by atoms with E-state index in [9.17, 15) is 5.11 Å². The van der Waals surface area contributed by atoms with Crippen LogP contribution in [-0.4, -0.2) is 61.5 Å². The molecule has 2 fully saturated rings. The molecule has 3 unspecified atom stereocenters. The molecule has 0 bridgehead atoms. The Hall–Kier alpha value is -0.160. The first-order valence-electron chi connectivity index (χ1n) is 6.48. The second-order valence-electron chi connectivity index (χ2n) is 5.06. The predicted molar refractivity (Wildman–Crippen MR) is 63.5 cm³/mol. The maximum Gasteiger partial charge on any atom is 0.0826 e. The number of morpholine rings is 1. The Morgan fingerprint density at radius 2 is 2.19 bits per heavy atom. The standard InChI is InChI=1S/C12H24N2O2/c1-14(9-10-8-13-6-7-16-10)11-4-2-3-5-12(11)15/h10-13,15H,2-9H2,1H3. The summed E-state index contributed by atoms with van der Waals surface area (Å²) < 4.78 is 5.69. The molecule has 2 N–H and O–H groups in total. The Bertz CT molecular complexity index is 207. The van der Waals surface area contributed by atoms with Crippen LogP contribution in [0.4, 0.5) is 0 Å². The van der Waals surface area contributed by atoms with Gasteiger partial charge in [0.15, 0.2) is 0 Å². The van der Waals surface area contributed by atoms with Crippen LogP contribution in [-0.2, 0) is 4.74 Å². The highest BCUT2D eigenvalue weighted by Gasteiger charge is 2.28. The van der Waals surface area contributed by atoms with Crippen LogP contribution >= 0.6 is 0 Å². The van der Waals surface area contributed by atoms with Gasteiger partial charge in [0.05, 0.1) is 18.8 Å². The first kappa shape index (κ1) is 12.3. The summed E-state index contributed by atoms with van der Waals surface area (Å²) in [5, 5.41) is 13.3. The van der Waals surface area contributed by atoms with Crippen molar-refractivity contribution in [3.8, 4) is 0 Å². The van der Waals surface area contributed by atoms with Gasteiger partial charge in [-0.05, 0) is 19.9 Å². The van der Waals surface area contributed by atoms with Crippen LogP contribution in [0.1, 0.15) is 25.7 Å². The number of hydrogen-bond acceptors (Lipinski definition) is 4. The van der Waals surface area contributed by atoms with Gasteiger partial charge in [-0.2, -0.15) is 0 Å². The fourth-order valence-corrected chi connectivity index (χ4v) is 2.80. The third kappa shape index (κ3) is 3.17. The number of ether oxygens (including phenoxy) is 1. The number of hydrogen-bond donors (Lipinski definition) is 2. The van der Waals surface area contributed by atoms with Gasteiger partial charge in [-0.1, -0.05) is 12.8 Å². The first-order valence-corrected chi connectivity index (χ1v) is 6.48. The minimum absolute atomic E-state index is 0.143. The molecule has 1 saturated carbocycles. The molecular formula is C12H24N2O2. The zero-order valence-electron chi connectivity index (χ0n) is 10.2. The quantitative estimate of drug-likeness (QED) is 0.725. The van der Waals surface area contributed by atoms with E-state index in [1.165, 1.54) is 12.8 Å². The van der Waals surface area contributed by atoms with E-state index in [2.05, 4.69) is 17.3 Å². The molecule has 16 heavy (non-hydrogen) atoms. The van der Waals surface area contributed by atoms with Crippen molar-refractivity contribution in [1.82, 2.24) is 10.2 Å². The van der Waals surface area contributed by atoms with Crippen LogP contribution in [0.2, 0.25) is 0 Å². The van der Waals surface area contributed by atoms with Gasteiger partial charge in [-0.15, -0.1) is 0 Å². The van der Waals surface area contributed by atoms with Crippen LogP contribution in [0.5, 0.6) is 0 Å². The van der Waals surface area contributed by atoms with E-state index in [4.69, 9.17) is 4.74 Å². The molecule has 0 aromatic heterocycles. The van der Waals surface area contributed by atoms with E-state index >= 15 is 0 Å². The molecule has 1 saturated heterocycles. The largest absolute Gasteiger partial charge is 0.391 e. The summed E-state index contributed by atoms with van der Waals surface area (Å²) in [5.74, 6) is 0. The molecule has 0 aromatic rings. The van der Waals surface area contributed by atoms with E-state index in [1.54, 1.807) is 0 Å². The maximum atomic E-state index is 9.97. The molecule has 0 radical (unpaired) electrons. The normalized spacial score (nSPS) is 36.6. The minimum atomic E-state index is -0.143. The Labute approximate surface area is 98.0 Å². The molecule has 0 spiro atoms. The maximum absolute atomic E-state index is 9.97. The summed E-state index contributed by atoms with van der Waals surface area (Å²) in [5.41, 5.74) is 0. The van der Waals surface area contributed by atoms with Gasteiger partial charge in [0.1, 0.15) is 0 Å². The van der Waals surface area contributed by atoms with Crippen molar-refractivity contribution < 1.29 is 9.84 Å². The number of likely N-dealkylation sites (N-methyl/N-ethyl adjacent to an activating group) is 1. The summed E-state index contributed by atoms with van der Waals surface area (Å²) in [6.45, 7) is 3.64. The van der Waals surface area contributed by atoms with Crippen LogP contribution < -0.4 is 5.32 Å². The summed E-state index contributed by atoms with van der Waals surface area (Å²) in [4.78, 5) is 2.28. The summed E-state index contributed by atoms with van der Waals surface area (Å²) in [6, 6.07) is 0.333. The monoisotopic (exact) mass is 228 g/mol. The molecule has 1 heterocycles. The molecule has 1 aliphatic carbocycles. The molecule has 0 amide bonds. The van der Waals surface area contributed by atoms with Gasteiger partial charge < -0.3 is 15.2 Å². The summed E-state index contributed by atoms with van der Waals surface area (Å²) >= 11 is 0. The highest BCUT2D eigenvalue weighted by molar-refractivity contribution is 4.83. The van der Waals surface area contributed by atoms with Gasteiger partial charge >= 0.3 is 0 Å². The highest BCUT2D eigenvalue weighted by atomic mass is 16.5. The van der Waals surface area contributed by atoms with Gasteiger partial charge in [0.2, 0.25) is 0 Å². The second kappa shape index (κ2) is 5.96. The molecule has 1 aliphatic heterocycles. The number of aliphatic hydroxyl groups excluding tert-OH is 1. The number of aliphatic hydroxyl groups is 1. The van der Waals surface area contributed by atoms with Crippen LogP contribution in [0.15, 0.2) is 0 Å². The van der Waals surface area contributed by atoms with Crippen molar-refractivity contribution in [1.29, 1.82) is 0 Å². The van der Waals surface area contributed by atoms with Crippen LogP contribution in [0.3, 0.4) is 0 Å². The van der Waals surface area contributed by atoms with Crippen molar-refractivity contribution in [2.45, 2.75) is 43.9 Å². The molecule has 3 atom stereocenters. The topological polar surface area (TPSA) is 44.7 Å². The van der Waals surface area contributed by atoms with Gasteiger partial charge in [0, 0.05) is 25.7 Å². The minimum Gasteiger partial charge on any atom is -0.391 e. The zero-order chi connectivity index (χ0) is 11.4. The first-order chi connectivity index (χ1) is 7.77. The highest BCUT2D eigenvalue weighted by Crippen LogP contribution is 2.22. The predicted octanol–water partition coefficient (Wildman–Crippen LogP) is 0.210. The number of rotatable bonds is 3. The smallest absolute Gasteiger partial charge is 0.0826 e. The third-order valence-electron chi connectivity index (χ3n) is 3.76. The Kier molecular flexibility index (Phi) is 4.58. The SMILES string of the molecule is CN(CC1CNCCO1)C1CCCCC1O. The fraction of sp³-hybridized carbons (Fsp3) is 1.00. The third-order valence-corrected chi connectivity index (χ3v) is 3.76. The molecule has 94 valence electrons. The van der Waals surface area contributed by atoms with Crippen molar-refractivity contribution >= 4 is 0 Å². The van der Waals surface area contributed by atoms with Crippen LogP contribution in [0, 0.1) is 0 Å². The van der Waals surface area contributed by atoms with Gasteiger partial charge in [-0.25, -0.2) is 0 Å². The van der Waals surface area contributed by atoms with E-state index in [0.29, 0.717) is 6.04 Å². The molecule has 4 heteroatoms. The molecule has 2 rings (SSSR count). The van der Waals surface area contributed by atoms with E-state index in [-0.39, 0.29) is 12.2 Å². The van der Waals surface area contributed by atoms with Crippen molar-refractivity contribution in [2.75, 3.05) is 33.3 Å². The molecule has 2 aliphatic rings. The second-order valence-corrected chi connectivity index (χ2v) is 5.06. The van der Waals surface area contributed by atoms with Crippen molar-refractivity contribution in [3.63, 3.8) is 0 Å². The van der Waals surface area contributed by atoms with Gasteiger partial charge in [-0.3, -0.25) is 4.90 Å². The lowest BCUT2D eigenvalue weighted by Gasteiger charge is -2.37. The van der Waals surface area contributed by atoms with Crippen LogP contribution in [0.25, 0.3) is 0 Å². The summed E-state index contributed by atoms with van der Waals surface area (Å²) in [6.07, 6.45) is 4.64. The Balaban J connectivity index is 1.78. The Morgan fingerprint density at radius 1 is 1.38 bits per heavy atom. The Morgan fingerprint density at radius 3 is 2.88 bits per heavy atom. The van der Waals surface area contributed by atoms with E-state index in [0.717, 1.165) is 39.1 Å². The lowest BCUT2D eigenvalue weighted by atomic mass is 9.91. The lowest BCUT2D eigenvalue weighted by Crippen LogP contribution is -2.50. The van der Waals surface area contributed by atoms with Crippen molar-refractivity contribution in [2.24, 2.45) is 0 Å². The lowest BCUT2D eigenvalue weighted by molar-refractivity contribution is -0.0241. The van der Waals surface area contributed by atoms with Gasteiger partial charge in [0.25, 0.3) is 0 Å². The van der Waals surface area contributed by atoms with E-state index < -0.39 is 0 Å². The van der Waals surface area contributed by atoms with Crippen molar-refractivity contribution in [3.05, 3.63) is 0 Å². The summed E-state index contributed by atoms with van der Waals surface area (Å²) in [7, 11) is 2.11. The zero-order valence-corrected chi connectivity index (χ0v) is 10.2. The number of nitrogens with zero attached hydrogens (tertiary/aromatic N) is 1. The molecule has 0 aromatic carbocycles. The molecular weight excluding hydrogens is 204 g/mol. The average Bonchev–Trinajstić information content (AvgIpc) is 2.31. The van der Waals surface area contributed by atoms with E-state index in [1.807, 2.05) is 0 Å². The average molecular weight is 228 g/mol.